The van der Waals surface area contributed by atoms with Gasteiger partial charge in [0.25, 0.3) is 0 Å². The standard InChI is InChI=1S/C53H100O8.C13H26O2.Na/c1-5-9-13-17-21-25-29-33-37-41-45-49(54)58-53(59-50(55)46-42-38-34-30-26-22-18-14-10-6-2,60-51(56)47-43-39-35-31-27-23-19-15-11-7-3)61-52(57)48-44-40-36-32-28-24-20-16-12-8-4;1-2-3-4-5-6-7-8-9-10-11-12-13(14)15;/h5-48H2,1-4H3;2-12H2,1H3,(H,14,15);/q;;+1/p-1. The molecule has 0 spiro atoms. The van der Waals surface area contributed by atoms with Crippen LogP contribution in [-0.4, -0.2) is 36.0 Å². The zero-order valence-electron chi connectivity index (χ0n) is 52.0. The SMILES string of the molecule is CCCCCCCCCCCCC(=O)OC(OC(=O)CCCCCCCCCCCC)(OC(=O)CCCCCCCCCCCC)OC(=O)CCCCCCCCCCCC.CCCCCCCCCCCCC(=O)[O-].[Na+]. The summed E-state index contributed by atoms with van der Waals surface area (Å²) in [6, 6.07) is 0. The number of carbonyl (C=O) groups is 5. The molecule has 0 aliphatic carbocycles. The maximum atomic E-state index is 13.4. The van der Waals surface area contributed by atoms with Gasteiger partial charge in [0.05, 0.1) is 0 Å². The van der Waals surface area contributed by atoms with E-state index in [0.717, 1.165) is 89.9 Å². The van der Waals surface area contributed by atoms with Gasteiger partial charge >= 0.3 is 59.6 Å². The summed E-state index contributed by atoms with van der Waals surface area (Å²) in [5.74, 6) is -3.78. The van der Waals surface area contributed by atoms with Crippen molar-refractivity contribution in [3.05, 3.63) is 0 Å². The third kappa shape index (κ3) is 63.4. The van der Waals surface area contributed by atoms with Crippen LogP contribution < -0.4 is 34.7 Å². The Labute approximate surface area is 498 Å². The molecule has 0 aliphatic heterocycles. The van der Waals surface area contributed by atoms with E-state index in [1.165, 1.54) is 205 Å². The maximum Gasteiger partial charge on any atom is 1.00 e. The summed E-state index contributed by atoms with van der Waals surface area (Å²) in [6.45, 7) is 11.1. The van der Waals surface area contributed by atoms with Gasteiger partial charge in [-0.2, -0.15) is 0 Å². The summed E-state index contributed by atoms with van der Waals surface area (Å²) < 4.78 is 22.7. The van der Waals surface area contributed by atoms with E-state index in [2.05, 4.69) is 34.6 Å². The number of unbranched alkanes of at least 4 members (excludes halogenated alkanes) is 45. The fourth-order valence-corrected chi connectivity index (χ4v) is 9.67. The second-order valence-electron chi connectivity index (χ2n) is 22.4. The Morgan fingerprint density at radius 3 is 0.506 bits per heavy atom. The van der Waals surface area contributed by atoms with E-state index in [0.29, 0.717) is 25.7 Å². The minimum absolute atomic E-state index is 0. The van der Waals surface area contributed by atoms with Gasteiger partial charge in [-0.25, -0.2) is 0 Å². The van der Waals surface area contributed by atoms with Gasteiger partial charge in [-0.1, -0.05) is 324 Å². The van der Waals surface area contributed by atoms with Crippen LogP contribution in [0.1, 0.15) is 388 Å². The van der Waals surface area contributed by atoms with Crippen molar-refractivity contribution in [1.82, 2.24) is 0 Å². The monoisotopic (exact) mass is 1100 g/mol. The Morgan fingerprint density at radius 1 is 0.234 bits per heavy atom. The number of ether oxygens (including phenoxy) is 4. The summed E-state index contributed by atoms with van der Waals surface area (Å²) >= 11 is 0. The molecular formula is C66H125NaO10. The fraction of sp³-hybridized carbons (Fsp3) is 0.924. The molecule has 0 amide bonds. The first-order valence-electron chi connectivity index (χ1n) is 33.2. The molecule has 0 saturated carbocycles. The van der Waals surface area contributed by atoms with E-state index in [9.17, 15) is 29.1 Å². The smallest absolute Gasteiger partial charge is 0.550 e. The van der Waals surface area contributed by atoms with E-state index in [1.54, 1.807) is 0 Å². The molecule has 0 aromatic rings. The predicted molar refractivity (Wildman–Crippen MR) is 314 cm³/mol. The van der Waals surface area contributed by atoms with Crippen LogP contribution in [0.25, 0.3) is 0 Å². The average Bonchev–Trinajstić information content (AvgIpc) is 3.39. The van der Waals surface area contributed by atoms with Crippen LogP contribution in [0.4, 0.5) is 0 Å². The molecular weight excluding hydrogens is 976 g/mol. The van der Waals surface area contributed by atoms with E-state index < -0.39 is 36.0 Å². The molecule has 0 rings (SSSR count). The number of rotatable bonds is 59. The summed E-state index contributed by atoms with van der Waals surface area (Å²) in [6.07, 6.45) is 54.3. The molecule has 0 bridgehead atoms. The van der Waals surface area contributed by atoms with Crippen molar-refractivity contribution in [2.24, 2.45) is 0 Å². The summed E-state index contributed by atoms with van der Waals surface area (Å²) in [5, 5.41) is 10.1. The molecule has 0 N–H and O–H groups in total. The van der Waals surface area contributed by atoms with Gasteiger partial charge < -0.3 is 28.8 Å². The third-order valence-corrected chi connectivity index (χ3v) is 14.6. The maximum absolute atomic E-state index is 13.4. The minimum atomic E-state index is -2.85. The Morgan fingerprint density at radius 2 is 0.364 bits per heavy atom. The van der Waals surface area contributed by atoms with Gasteiger partial charge in [0, 0.05) is 31.7 Å². The van der Waals surface area contributed by atoms with E-state index in [1.807, 2.05) is 0 Å². The number of hydrogen-bond acceptors (Lipinski definition) is 10. The molecule has 11 heteroatoms. The zero-order chi connectivity index (χ0) is 56.1. The Balaban J connectivity index is -0.00000294. The van der Waals surface area contributed by atoms with Crippen LogP contribution in [0.5, 0.6) is 0 Å². The number of aliphatic carboxylic acids is 1. The zero-order valence-corrected chi connectivity index (χ0v) is 54.0. The molecule has 0 atom stereocenters. The third-order valence-electron chi connectivity index (χ3n) is 14.6. The van der Waals surface area contributed by atoms with Gasteiger partial charge in [-0.05, 0) is 38.5 Å². The normalized spacial score (nSPS) is 11.1. The molecule has 0 unspecified atom stereocenters. The molecule has 0 saturated heterocycles. The van der Waals surface area contributed by atoms with E-state index >= 15 is 0 Å². The summed E-state index contributed by atoms with van der Waals surface area (Å²) in [7, 11) is 0. The van der Waals surface area contributed by atoms with Crippen LogP contribution in [-0.2, 0) is 42.9 Å². The number of esters is 4. The van der Waals surface area contributed by atoms with Crippen molar-refractivity contribution in [2.75, 3.05) is 0 Å². The molecule has 0 fully saturated rings. The number of carbonyl (C=O) groups excluding carboxylic acids is 5. The van der Waals surface area contributed by atoms with Crippen molar-refractivity contribution in [2.45, 2.75) is 394 Å². The molecule has 0 aliphatic rings. The van der Waals surface area contributed by atoms with Crippen molar-refractivity contribution >= 4 is 29.8 Å². The molecule has 0 aromatic carbocycles. The second kappa shape index (κ2) is 65.2. The first-order valence-corrected chi connectivity index (χ1v) is 33.2. The largest absolute Gasteiger partial charge is 1.00 e. The molecule has 450 valence electrons. The van der Waals surface area contributed by atoms with Crippen molar-refractivity contribution < 1.29 is 77.6 Å². The fourth-order valence-electron chi connectivity index (χ4n) is 9.67. The van der Waals surface area contributed by atoms with Crippen LogP contribution in [0.15, 0.2) is 0 Å². The number of hydrogen-bond donors (Lipinski definition) is 0. The van der Waals surface area contributed by atoms with Crippen molar-refractivity contribution in [3.8, 4) is 0 Å². The van der Waals surface area contributed by atoms with Gasteiger partial charge in [0.15, 0.2) is 0 Å². The number of carboxylic acids is 1. The molecule has 0 aromatic heterocycles. The molecule has 10 nitrogen and oxygen atoms in total. The minimum Gasteiger partial charge on any atom is -0.550 e. The second-order valence-corrected chi connectivity index (χ2v) is 22.4. The van der Waals surface area contributed by atoms with Crippen LogP contribution in [0.2, 0.25) is 0 Å². The first kappa shape index (κ1) is 79.6. The van der Waals surface area contributed by atoms with Gasteiger partial charge in [0.1, 0.15) is 0 Å². The van der Waals surface area contributed by atoms with Crippen LogP contribution in [0, 0.1) is 0 Å². The predicted octanol–water partition coefficient (Wildman–Crippen LogP) is 17.1. The Hall–Kier alpha value is -1.65. The van der Waals surface area contributed by atoms with E-state index in [4.69, 9.17) is 18.9 Å². The Kier molecular flexibility index (Phi) is 67.3. The average molecular weight is 1100 g/mol. The van der Waals surface area contributed by atoms with Gasteiger partial charge in [0.2, 0.25) is 0 Å². The van der Waals surface area contributed by atoms with E-state index in [-0.39, 0.29) is 61.7 Å². The molecule has 0 heterocycles. The van der Waals surface area contributed by atoms with Crippen molar-refractivity contribution in [3.63, 3.8) is 0 Å². The summed E-state index contributed by atoms with van der Waals surface area (Å²) in [4.78, 5) is 63.6. The van der Waals surface area contributed by atoms with Gasteiger partial charge in [-0.15, -0.1) is 0 Å². The van der Waals surface area contributed by atoms with Crippen LogP contribution in [0.3, 0.4) is 0 Å². The molecule has 77 heavy (non-hydrogen) atoms. The van der Waals surface area contributed by atoms with Crippen LogP contribution >= 0.6 is 0 Å². The first-order chi connectivity index (χ1) is 37.1. The number of carboxylic acid groups (broad SMARTS) is 1. The quantitative estimate of drug-likeness (QED) is 0.0250. The topological polar surface area (TPSA) is 145 Å². The van der Waals surface area contributed by atoms with Gasteiger partial charge in [-0.3, -0.25) is 19.2 Å². The Bertz CT molecular complexity index is 1120. The summed E-state index contributed by atoms with van der Waals surface area (Å²) in [5.41, 5.74) is 0. The molecule has 0 radical (unpaired) electrons. The van der Waals surface area contributed by atoms with Crippen molar-refractivity contribution in [1.29, 1.82) is 0 Å².